The highest BCUT2D eigenvalue weighted by Gasteiger charge is 2.05. The molecule has 0 bridgehead atoms. The van der Waals surface area contributed by atoms with Gasteiger partial charge in [0, 0.05) is 24.2 Å². The molecular weight excluding hydrogens is 204 g/mol. The number of benzene rings is 1. The Morgan fingerprint density at radius 1 is 1.06 bits per heavy atom. The quantitative estimate of drug-likeness (QED) is 0.571. The Balaban J connectivity index is 2.59. The molecule has 16 heavy (non-hydrogen) atoms. The maximum Gasteiger partial charge on any atom is 0.251 e. The molecule has 0 aliphatic heterocycles. The molecule has 4 nitrogen and oxygen atoms in total. The minimum Gasteiger partial charge on any atom is -0.351 e. The molecule has 0 aromatic heterocycles. The van der Waals surface area contributed by atoms with Gasteiger partial charge in [-0.25, -0.2) is 0 Å². The first kappa shape index (κ1) is 12.4. The number of ketones is 1. The number of nitrogens with one attached hydrogen (secondary N) is 2. The van der Waals surface area contributed by atoms with Crippen LogP contribution in [0.15, 0.2) is 24.3 Å². The van der Waals surface area contributed by atoms with Crippen molar-refractivity contribution < 1.29 is 9.59 Å². The molecule has 0 saturated carbocycles. The van der Waals surface area contributed by atoms with Gasteiger partial charge in [-0.2, -0.15) is 0 Å². The Bertz CT molecular complexity index is 371. The minimum absolute atomic E-state index is 0.00198. The van der Waals surface area contributed by atoms with Gasteiger partial charge in [0.1, 0.15) is 0 Å². The first-order valence-electron chi connectivity index (χ1n) is 5.19. The van der Waals surface area contributed by atoms with Crippen molar-refractivity contribution in [1.82, 2.24) is 10.6 Å². The number of rotatable bonds is 5. The fourth-order valence-electron chi connectivity index (χ4n) is 1.26. The summed E-state index contributed by atoms with van der Waals surface area (Å²) in [7, 11) is 1.83. The van der Waals surface area contributed by atoms with Gasteiger partial charge >= 0.3 is 0 Å². The van der Waals surface area contributed by atoms with Gasteiger partial charge in [-0.15, -0.1) is 0 Å². The third kappa shape index (κ3) is 3.47. The second-order valence-electron chi connectivity index (χ2n) is 3.49. The van der Waals surface area contributed by atoms with E-state index in [0.29, 0.717) is 17.7 Å². The van der Waals surface area contributed by atoms with E-state index in [1.54, 1.807) is 24.3 Å². The zero-order valence-electron chi connectivity index (χ0n) is 9.54. The summed E-state index contributed by atoms with van der Waals surface area (Å²) >= 11 is 0. The number of carbonyl (C=O) groups is 2. The van der Waals surface area contributed by atoms with Gasteiger partial charge in [0.25, 0.3) is 5.91 Å². The molecule has 0 atom stereocenters. The average Bonchev–Trinajstić information content (AvgIpc) is 2.29. The standard InChI is InChI=1S/C12H16N2O2/c1-9(15)10-3-5-11(6-4-10)12(16)14-8-7-13-2/h3-6,13H,7-8H2,1-2H3,(H,14,16). The van der Waals surface area contributed by atoms with E-state index in [0.717, 1.165) is 6.54 Å². The molecule has 1 amide bonds. The van der Waals surface area contributed by atoms with E-state index in [1.165, 1.54) is 6.92 Å². The SMILES string of the molecule is CNCCNC(=O)c1ccc(C(C)=O)cc1. The van der Waals surface area contributed by atoms with Gasteiger partial charge in [0.2, 0.25) is 0 Å². The molecule has 0 fully saturated rings. The van der Waals surface area contributed by atoms with Crippen LogP contribution < -0.4 is 10.6 Å². The Kier molecular flexibility index (Phi) is 4.66. The molecule has 0 saturated heterocycles. The van der Waals surface area contributed by atoms with E-state index in [1.807, 2.05) is 7.05 Å². The van der Waals surface area contributed by atoms with E-state index in [2.05, 4.69) is 10.6 Å². The van der Waals surface area contributed by atoms with Crippen molar-refractivity contribution in [2.45, 2.75) is 6.92 Å². The third-order valence-electron chi connectivity index (χ3n) is 2.21. The molecule has 1 aromatic rings. The van der Waals surface area contributed by atoms with Gasteiger partial charge in [0.15, 0.2) is 5.78 Å². The topological polar surface area (TPSA) is 58.2 Å². The first-order chi connectivity index (χ1) is 7.65. The van der Waals surface area contributed by atoms with Crippen LogP contribution in [0.25, 0.3) is 0 Å². The highest BCUT2D eigenvalue weighted by molar-refractivity contribution is 5.97. The van der Waals surface area contributed by atoms with Crippen molar-refractivity contribution in [2.24, 2.45) is 0 Å². The van der Waals surface area contributed by atoms with Gasteiger partial charge in [-0.1, -0.05) is 12.1 Å². The highest BCUT2D eigenvalue weighted by atomic mass is 16.1. The van der Waals surface area contributed by atoms with Crippen LogP contribution >= 0.6 is 0 Å². The Hall–Kier alpha value is -1.68. The molecule has 0 spiro atoms. The van der Waals surface area contributed by atoms with Gasteiger partial charge in [0.05, 0.1) is 0 Å². The largest absolute Gasteiger partial charge is 0.351 e. The van der Waals surface area contributed by atoms with Gasteiger partial charge < -0.3 is 10.6 Å². The summed E-state index contributed by atoms with van der Waals surface area (Å²) in [5.74, 6) is -0.118. The molecule has 0 unspecified atom stereocenters. The van der Waals surface area contributed by atoms with Crippen molar-refractivity contribution in [3.8, 4) is 0 Å². The van der Waals surface area contributed by atoms with Gasteiger partial charge in [-0.3, -0.25) is 9.59 Å². The molecule has 4 heteroatoms. The molecule has 1 rings (SSSR count). The lowest BCUT2D eigenvalue weighted by atomic mass is 10.1. The molecule has 0 aliphatic carbocycles. The number of hydrogen-bond acceptors (Lipinski definition) is 3. The fourth-order valence-corrected chi connectivity index (χ4v) is 1.26. The van der Waals surface area contributed by atoms with Crippen LogP contribution in [0.5, 0.6) is 0 Å². The lowest BCUT2D eigenvalue weighted by Crippen LogP contribution is -2.30. The van der Waals surface area contributed by atoms with Gasteiger partial charge in [-0.05, 0) is 26.1 Å². The summed E-state index contributed by atoms with van der Waals surface area (Å²) < 4.78 is 0. The fraction of sp³-hybridized carbons (Fsp3) is 0.333. The maximum atomic E-state index is 11.6. The molecule has 1 aromatic carbocycles. The van der Waals surface area contributed by atoms with E-state index in [4.69, 9.17) is 0 Å². The lowest BCUT2D eigenvalue weighted by Gasteiger charge is -2.04. The minimum atomic E-state index is -0.120. The van der Waals surface area contributed by atoms with Crippen LogP contribution in [0, 0.1) is 0 Å². The van der Waals surface area contributed by atoms with Crippen molar-refractivity contribution >= 4 is 11.7 Å². The van der Waals surface area contributed by atoms with Crippen molar-refractivity contribution in [3.63, 3.8) is 0 Å². The molecular formula is C12H16N2O2. The average molecular weight is 220 g/mol. The number of carbonyl (C=O) groups excluding carboxylic acids is 2. The van der Waals surface area contributed by atoms with E-state index in [9.17, 15) is 9.59 Å². The van der Waals surface area contributed by atoms with Crippen molar-refractivity contribution in [2.75, 3.05) is 20.1 Å². The summed E-state index contributed by atoms with van der Waals surface area (Å²) in [6.07, 6.45) is 0. The maximum absolute atomic E-state index is 11.6. The molecule has 0 radical (unpaired) electrons. The van der Waals surface area contributed by atoms with Crippen molar-refractivity contribution in [3.05, 3.63) is 35.4 Å². The van der Waals surface area contributed by atoms with Crippen LogP contribution in [0.2, 0.25) is 0 Å². The van der Waals surface area contributed by atoms with E-state index < -0.39 is 0 Å². The summed E-state index contributed by atoms with van der Waals surface area (Å²) in [4.78, 5) is 22.6. The van der Waals surface area contributed by atoms with Crippen LogP contribution in [0.4, 0.5) is 0 Å². The Morgan fingerprint density at radius 3 is 2.12 bits per heavy atom. The second kappa shape index (κ2) is 6.02. The van der Waals surface area contributed by atoms with Crippen LogP contribution in [-0.2, 0) is 0 Å². The predicted octanol–water partition coefficient (Wildman–Crippen LogP) is 0.838. The predicted molar refractivity (Wildman–Crippen MR) is 62.7 cm³/mol. The first-order valence-corrected chi connectivity index (χ1v) is 5.19. The number of hydrogen-bond donors (Lipinski definition) is 2. The summed E-state index contributed by atoms with van der Waals surface area (Å²) in [6.45, 7) is 2.82. The molecule has 0 heterocycles. The zero-order chi connectivity index (χ0) is 12.0. The summed E-state index contributed by atoms with van der Waals surface area (Å²) in [6, 6.07) is 6.64. The van der Waals surface area contributed by atoms with Crippen LogP contribution in [-0.4, -0.2) is 31.8 Å². The molecule has 2 N–H and O–H groups in total. The molecule has 86 valence electrons. The van der Waals surface area contributed by atoms with E-state index in [-0.39, 0.29) is 11.7 Å². The smallest absolute Gasteiger partial charge is 0.251 e. The summed E-state index contributed by atoms with van der Waals surface area (Å²) in [5, 5.41) is 5.70. The number of amides is 1. The Labute approximate surface area is 95.0 Å². The van der Waals surface area contributed by atoms with Crippen LogP contribution in [0.3, 0.4) is 0 Å². The zero-order valence-corrected chi connectivity index (χ0v) is 9.54. The van der Waals surface area contributed by atoms with E-state index >= 15 is 0 Å². The highest BCUT2D eigenvalue weighted by Crippen LogP contribution is 2.04. The lowest BCUT2D eigenvalue weighted by molar-refractivity contribution is 0.0952. The normalized spacial score (nSPS) is 9.88. The van der Waals surface area contributed by atoms with Crippen LogP contribution in [0.1, 0.15) is 27.6 Å². The Morgan fingerprint density at radius 2 is 1.62 bits per heavy atom. The molecule has 0 aliphatic rings. The second-order valence-corrected chi connectivity index (χ2v) is 3.49. The number of likely N-dealkylation sites (N-methyl/N-ethyl adjacent to an activating group) is 1. The third-order valence-corrected chi connectivity index (χ3v) is 2.21. The number of Topliss-reactive ketones (excluding diaryl/α,β-unsaturated/α-hetero) is 1. The summed E-state index contributed by atoms with van der Waals surface area (Å²) in [5.41, 5.74) is 1.19. The van der Waals surface area contributed by atoms with Crippen molar-refractivity contribution in [1.29, 1.82) is 0 Å². The monoisotopic (exact) mass is 220 g/mol.